The highest BCUT2D eigenvalue weighted by atomic mass is 16.5. The Morgan fingerprint density at radius 1 is 1.24 bits per heavy atom. The quantitative estimate of drug-likeness (QED) is 0.541. The Morgan fingerprint density at radius 2 is 2.15 bits per heavy atom. The molecule has 2 heterocycles. The van der Waals surface area contributed by atoms with Crippen molar-refractivity contribution >= 4 is 11.6 Å². The van der Waals surface area contributed by atoms with Gasteiger partial charge >= 0.3 is 0 Å². The summed E-state index contributed by atoms with van der Waals surface area (Å²) in [4.78, 5) is 17.5. The molecule has 0 radical (unpaired) electrons. The standard InChI is InChI=1S/C28H27N3O2/c1-2-3-5-20-8-7-19(17-29)14-25(20)31-27(32)24-16-28(24)11-13-33-26-15-21(9-10-23(26)28)22-6-4-12-30-18-22/h4,6-10,12,14-15,18,24H,2-3,5,11,13,16H2,1H3,(H,31,32)/t24-,28-/m0/s1. The molecule has 0 unspecified atom stereocenters. The number of amides is 1. The van der Waals surface area contributed by atoms with Crippen molar-refractivity contribution in [1.82, 2.24) is 4.98 Å². The van der Waals surface area contributed by atoms with Crippen molar-refractivity contribution in [2.75, 3.05) is 11.9 Å². The van der Waals surface area contributed by atoms with Crippen molar-refractivity contribution in [3.63, 3.8) is 0 Å². The molecule has 1 fully saturated rings. The number of aryl methyl sites for hydroxylation is 1. The van der Waals surface area contributed by atoms with Gasteiger partial charge in [-0.1, -0.05) is 37.6 Å². The summed E-state index contributed by atoms with van der Waals surface area (Å²) >= 11 is 0. The third-order valence-electron chi connectivity index (χ3n) is 7.01. The Balaban J connectivity index is 1.38. The van der Waals surface area contributed by atoms with E-state index in [0.29, 0.717) is 12.2 Å². The average Bonchev–Trinajstić information content (AvgIpc) is 3.58. The molecular formula is C28H27N3O2. The molecule has 33 heavy (non-hydrogen) atoms. The van der Waals surface area contributed by atoms with E-state index in [1.165, 1.54) is 0 Å². The van der Waals surface area contributed by atoms with E-state index in [2.05, 4.69) is 41.5 Å². The van der Waals surface area contributed by atoms with E-state index in [4.69, 9.17) is 4.74 Å². The number of hydrogen-bond donors (Lipinski definition) is 1. The molecule has 1 aliphatic heterocycles. The van der Waals surface area contributed by atoms with Gasteiger partial charge in [-0.15, -0.1) is 0 Å². The normalized spacial score (nSPS) is 20.4. The van der Waals surface area contributed by atoms with Crippen LogP contribution in [0.3, 0.4) is 0 Å². The van der Waals surface area contributed by atoms with Gasteiger partial charge in [0, 0.05) is 40.5 Å². The third kappa shape index (κ3) is 3.98. The van der Waals surface area contributed by atoms with Crippen LogP contribution in [0, 0.1) is 17.2 Å². The Morgan fingerprint density at radius 3 is 2.94 bits per heavy atom. The highest BCUT2D eigenvalue weighted by Gasteiger charge is 2.61. The molecular weight excluding hydrogens is 410 g/mol. The first kappa shape index (κ1) is 21.2. The van der Waals surface area contributed by atoms with Crippen LogP contribution in [0.5, 0.6) is 5.75 Å². The second kappa shape index (κ2) is 8.71. The fraction of sp³-hybridized carbons (Fsp3) is 0.321. The van der Waals surface area contributed by atoms with E-state index in [0.717, 1.165) is 65.8 Å². The van der Waals surface area contributed by atoms with Crippen molar-refractivity contribution in [1.29, 1.82) is 5.26 Å². The van der Waals surface area contributed by atoms with Crippen molar-refractivity contribution in [3.8, 4) is 22.9 Å². The predicted molar refractivity (Wildman–Crippen MR) is 128 cm³/mol. The Labute approximate surface area is 194 Å². The number of unbranched alkanes of at least 4 members (excludes halogenated alkanes) is 1. The molecule has 2 aromatic carbocycles. The minimum atomic E-state index is -0.165. The number of nitrogens with one attached hydrogen (secondary N) is 1. The first-order valence-electron chi connectivity index (χ1n) is 11.7. The fourth-order valence-electron chi connectivity index (χ4n) is 5.03. The van der Waals surface area contributed by atoms with E-state index in [1.807, 2.05) is 30.5 Å². The van der Waals surface area contributed by atoms with Crippen LogP contribution < -0.4 is 10.1 Å². The fourth-order valence-corrected chi connectivity index (χ4v) is 5.03. The summed E-state index contributed by atoms with van der Waals surface area (Å²) < 4.78 is 6.01. The van der Waals surface area contributed by atoms with Crippen molar-refractivity contribution < 1.29 is 9.53 Å². The number of carbonyl (C=O) groups excluding carboxylic acids is 1. The number of nitrogens with zero attached hydrogens (tertiary/aromatic N) is 2. The summed E-state index contributed by atoms with van der Waals surface area (Å²) in [5.74, 6) is 0.814. The zero-order valence-electron chi connectivity index (χ0n) is 18.8. The lowest BCUT2D eigenvalue weighted by Crippen LogP contribution is -2.27. The van der Waals surface area contributed by atoms with Crippen molar-refractivity contribution in [2.24, 2.45) is 5.92 Å². The largest absolute Gasteiger partial charge is 0.493 e. The smallest absolute Gasteiger partial charge is 0.228 e. The van der Waals surface area contributed by atoms with E-state index in [9.17, 15) is 10.1 Å². The lowest BCUT2D eigenvalue weighted by atomic mass is 9.86. The minimum Gasteiger partial charge on any atom is -0.493 e. The molecule has 1 spiro atoms. The summed E-state index contributed by atoms with van der Waals surface area (Å²) in [6, 6.07) is 18.0. The highest BCUT2D eigenvalue weighted by molar-refractivity contribution is 5.97. The van der Waals surface area contributed by atoms with Gasteiger partial charge in [0.15, 0.2) is 0 Å². The second-order valence-corrected chi connectivity index (χ2v) is 9.04. The lowest BCUT2D eigenvalue weighted by molar-refractivity contribution is -0.117. The van der Waals surface area contributed by atoms with Gasteiger partial charge in [0.2, 0.25) is 5.91 Å². The van der Waals surface area contributed by atoms with E-state index < -0.39 is 0 Å². The summed E-state index contributed by atoms with van der Waals surface area (Å²) in [7, 11) is 0. The SMILES string of the molecule is CCCCc1ccc(C#N)cc1NC(=O)[C@@H]1C[C@]12CCOc1cc(-c3cccnc3)ccc12. The predicted octanol–water partition coefficient (Wildman–Crippen LogP) is 5.64. The first-order chi connectivity index (χ1) is 16.1. The van der Waals surface area contributed by atoms with Gasteiger partial charge in [0.25, 0.3) is 0 Å². The maximum atomic E-state index is 13.3. The molecule has 1 amide bonds. The van der Waals surface area contributed by atoms with Crippen LogP contribution in [0.2, 0.25) is 0 Å². The molecule has 5 heteroatoms. The number of aromatic nitrogens is 1. The number of anilines is 1. The Bertz CT molecular complexity index is 1230. The summed E-state index contributed by atoms with van der Waals surface area (Å²) in [5, 5.41) is 12.5. The van der Waals surface area contributed by atoms with E-state index in [-0.39, 0.29) is 17.2 Å². The summed E-state index contributed by atoms with van der Waals surface area (Å²) in [5.41, 5.74) is 5.50. The van der Waals surface area contributed by atoms with E-state index in [1.54, 1.807) is 12.3 Å². The summed E-state index contributed by atoms with van der Waals surface area (Å²) in [6.07, 6.45) is 8.29. The maximum absolute atomic E-state index is 13.3. The maximum Gasteiger partial charge on any atom is 0.228 e. The van der Waals surface area contributed by atoms with Gasteiger partial charge in [0.05, 0.1) is 18.2 Å². The van der Waals surface area contributed by atoms with Crippen LogP contribution >= 0.6 is 0 Å². The van der Waals surface area contributed by atoms with Crippen LogP contribution in [-0.2, 0) is 16.6 Å². The Kier molecular flexibility index (Phi) is 5.60. The van der Waals surface area contributed by atoms with Crippen LogP contribution in [0.25, 0.3) is 11.1 Å². The molecule has 5 nitrogen and oxygen atoms in total. The summed E-state index contributed by atoms with van der Waals surface area (Å²) in [6.45, 7) is 2.76. The molecule has 1 aliphatic carbocycles. The molecule has 0 bridgehead atoms. The van der Waals surface area contributed by atoms with Crippen LogP contribution in [-0.4, -0.2) is 17.5 Å². The zero-order chi connectivity index (χ0) is 22.8. The van der Waals surface area contributed by atoms with Crippen molar-refractivity contribution in [2.45, 2.75) is 44.4 Å². The number of nitriles is 1. The van der Waals surface area contributed by atoms with Gasteiger partial charge in [-0.3, -0.25) is 9.78 Å². The highest BCUT2D eigenvalue weighted by Crippen LogP contribution is 2.61. The number of ether oxygens (including phenoxy) is 1. The van der Waals surface area contributed by atoms with Crippen LogP contribution in [0.4, 0.5) is 5.69 Å². The molecule has 1 aromatic heterocycles. The molecule has 0 saturated heterocycles. The van der Waals surface area contributed by atoms with Gasteiger partial charge in [-0.2, -0.15) is 5.26 Å². The molecule has 2 aliphatic rings. The topological polar surface area (TPSA) is 75.0 Å². The number of carbonyl (C=O) groups is 1. The molecule has 3 aromatic rings. The minimum absolute atomic E-state index is 0.0343. The second-order valence-electron chi connectivity index (χ2n) is 9.04. The average molecular weight is 438 g/mol. The zero-order valence-corrected chi connectivity index (χ0v) is 18.8. The monoisotopic (exact) mass is 437 g/mol. The third-order valence-corrected chi connectivity index (χ3v) is 7.01. The van der Waals surface area contributed by atoms with Gasteiger partial charge < -0.3 is 10.1 Å². The van der Waals surface area contributed by atoms with Gasteiger partial charge in [-0.05, 0) is 61.1 Å². The number of rotatable bonds is 6. The molecule has 1 N–H and O–H groups in total. The lowest BCUT2D eigenvalue weighted by Gasteiger charge is -2.27. The van der Waals surface area contributed by atoms with Gasteiger partial charge in [-0.25, -0.2) is 0 Å². The Hall–Kier alpha value is -3.65. The number of hydrogen-bond acceptors (Lipinski definition) is 4. The van der Waals surface area contributed by atoms with Crippen molar-refractivity contribution in [3.05, 3.63) is 77.6 Å². The molecule has 166 valence electrons. The van der Waals surface area contributed by atoms with E-state index >= 15 is 0 Å². The van der Waals surface area contributed by atoms with Crippen LogP contribution in [0.15, 0.2) is 60.9 Å². The molecule has 1 saturated carbocycles. The first-order valence-corrected chi connectivity index (χ1v) is 11.7. The van der Waals surface area contributed by atoms with Gasteiger partial charge in [0.1, 0.15) is 5.75 Å². The number of fused-ring (bicyclic) bond motifs is 2. The number of benzene rings is 2. The number of pyridine rings is 1. The molecule has 5 rings (SSSR count). The van der Waals surface area contributed by atoms with Crippen LogP contribution in [0.1, 0.15) is 49.3 Å². The molecule has 2 atom stereocenters.